The second-order valence-corrected chi connectivity index (χ2v) is 9.81. The molecule has 2 amide bonds. The average Bonchev–Trinajstić information content (AvgIpc) is 2.73. The van der Waals surface area contributed by atoms with Gasteiger partial charge in [-0.25, -0.2) is 18.6 Å². The molecule has 1 atom stereocenters. The Morgan fingerprint density at radius 3 is 2.26 bits per heavy atom. The standard InChI is InChI=1S/C25H38F2N4O3/c1-12-25(8,9)22(32)30(10)15(3)19-20(27)17(26)14-18(21(19)29-16(4)28-13-2)31(11)23(33)34-24(5,6)7/h13-15,29H,4,12H2,1-3,5-11H3. The van der Waals surface area contributed by atoms with Crippen molar-refractivity contribution in [1.29, 1.82) is 0 Å². The maximum absolute atomic E-state index is 15.3. The first-order valence-electron chi connectivity index (χ1n) is 11.2. The minimum Gasteiger partial charge on any atom is -0.443 e. The molecule has 0 saturated heterocycles. The first-order valence-corrected chi connectivity index (χ1v) is 11.2. The molecule has 0 spiro atoms. The molecule has 0 radical (unpaired) electrons. The van der Waals surface area contributed by atoms with E-state index in [1.54, 1.807) is 48.5 Å². The van der Waals surface area contributed by atoms with Crippen LogP contribution in [0.25, 0.3) is 0 Å². The Balaban J connectivity index is 3.77. The first kappa shape index (κ1) is 29.1. The minimum atomic E-state index is -1.17. The number of aliphatic imine (C=N–C) groups is 1. The molecule has 1 unspecified atom stereocenters. The quantitative estimate of drug-likeness (QED) is 0.445. The third-order valence-electron chi connectivity index (χ3n) is 5.60. The van der Waals surface area contributed by atoms with Crippen molar-refractivity contribution < 1.29 is 23.1 Å². The molecule has 0 aliphatic heterocycles. The zero-order valence-electron chi connectivity index (χ0n) is 22.0. The van der Waals surface area contributed by atoms with Crippen LogP contribution < -0.4 is 10.2 Å². The highest BCUT2D eigenvalue weighted by atomic mass is 19.2. The molecular formula is C25H38F2N4O3. The largest absolute Gasteiger partial charge is 0.443 e. The molecular weight excluding hydrogens is 442 g/mol. The van der Waals surface area contributed by atoms with Gasteiger partial charge in [-0.1, -0.05) is 27.4 Å². The van der Waals surface area contributed by atoms with Crippen molar-refractivity contribution in [1.82, 2.24) is 4.90 Å². The summed E-state index contributed by atoms with van der Waals surface area (Å²) >= 11 is 0. The van der Waals surface area contributed by atoms with E-state index in [9.17, 15) is 14.0 Å². The number of rotatable bonds is 8. The Kier molecular flexibility index (Phi) is 9.38. The van der Waals surface area contributed by atoms with Crippen LogP contribution in [0.3, 0.4) is 0 Å². The van der Waals surface area contributed by atoms with E-state index < -0.39 is 34.8 Å². The maximum Gasteiger partial charge on any atom is 0.414 e. The van der Waals surface area contributed by atoms with Gasteiger partial charge in [0.05, 0.1) is 17.4 Å². The van der Waals surface area contributed by atoms with Crippen LogP contribution in [-0.4, -0.2) is 42.8 Å². The normalized spacial score (nSPS) is 12.9. The number of nitrogens with zero attached hydrogens (tertiary/aromatic N) is 3. The summed E-state index contributed by atoms with van der Waals surface area (Å²) in [6.07, 6.45) is 1.28. The number of amides is 2. The number of hydrogen-bond acceptors (Lipinski definition) is 5. The van der Waals surface area contributed by atoms with Crippen LogP contribution in [0.2, 0.25) is 0 Å². The topological polar surface area (TPSA) is 74.2 Å². The van der Waals surface area contributed by atoms with Gasteiger partial charge >= 0.3 is 6.09 Å². The number of hydrogen-bond donors (Lipinski definition) is 1. The van der Waals surface area contributed by atoms with Crippen LogP contribution in [0.4, 0.5) is 25.0 Å². The Morgan fingerprint density at radius 1 is 1.24 bits per heavy atom. The summed E-state index contributed by atoms with van der Waals surface area (Å²) in [6.45, 7) is 17.6. The third-order valence-corrected chi connectivity index (χ3v) is 5.60. The molecule has 0 aromatic heterocycles. The van der Waals surface area contributed by atoms with Gasteiger partial charge < -0.3 is 15.0 Å². The number of carbonyl (C=O) groups excluding carboxylic acids is 2. The molecule has 0 heterocycles. The van der Waals surface area contributed by atoms with Crippen molar-refractivity contribution in [3.63, 3.8) is 0 Å². The molecule has 34 heavy (non-hydrogen) atoms. The van der Waals surface area contributed by atoms with Crippen molar-refractivity contribution in [3.05, 3.63) is 35.7 Å². The molecule has 0 saturated carbocycles. The van der Waals surface area contributed by atoms with Crippen molar-refractivity contribution >= 4 is 29.6 Å². The number of carbonyl (C=O) groups is 2. The fourth-order valence-corrected chi connectivity index (χ4v) is 3.18. The van der Waals surface area contributed by atoms with Gasteiger partial charge in [0.2, 0.25) is 5.91 Å². The van der Waals surface area contributed by atoms with Crippen LogP contribution in [0.5, 0.6) is 0 Å². The van der Waals surface area contributed by atoms with E-state index in [4.69, 9.17) is 4.74 Å². The Bertz CT molecular complexity index is 968. The minimum absolute atomic E-state index is 0.0121. The van der Waals surface area contributed by atoms with Gasteiger partial charge in [-0.2, -0.15) is 0 Å². The van der Waals surface area contributed by atoms with E-state index in [0.717, 1.165) is 11.0 Å². The third kappa shape index (κ3) is 6.77. The lowest BCUT2D eigenvalue weighted by atomic mass is 9.87. The Morgan fingerprint density at radius 2 is 1.79 bits per heavy atom. The molecule has 190 valence electrons. The predicted molar refractivity (Wildman–Crippen MR) is 133 cm³/mol. The summed E-state index contributed by atoms with van der Waals surface area (Å²) in [5, 5.41) is 2.89. The number of nitrogens with one attached hydrogen (secondary N) is 1. The SMILES string of the molecule is C=C(N=CC)Nc1c(N(C)C(=O)OC(C)(C)C)cc(F)c(F)c1C(C)N(C)C(=O)C(C)(C)CC. The van der Waals surface area contributed by atoms with Crippen LogP contribution in [0.15, 0.2) is 23.5 Å². The summed E-state index contributed by atoms with van der Waals surface area (Å²) in [6, 6.07) is 0.0131. The molecule has 1 N–H and O–H groups in total. The number of anilines is 2. The van der Waals surface area contributed by atoms with E-state index in [1.165, 1.54) is 25.2 Å². The summed E-state index contributed by atoms with van der Waals surface area (Å²) < 4.78 is 35.6. The molecule has 1 aromatic rings. The lowest BCUT2D eigenvalue weighted by Gasteiger charge is -2.35. The van der Waals surface area contributed by atoms with E-state index in [1.807, 2.05) is 6.92 Å². The number of ether oxygens (including phenoxy) is 1. The Labute approximate surface area is 201 Å². The van der Waals surface area contributed by atoms with Gasteiger partial charge in [0.25, 0.3) is 0 Å². The van der Waals surface area contributed by atoms with Crippen LogP contribution >= 0.6 is 0 Å². The fraction of sp³-hybridized carbons (Fsp3) is 0.560. The lowest BCUT2D eigenvalue weighted by Crippen LogP contribution is -2.40. The van der Waals surface area contributed by atoms with Crippen molar-refractivity contribution in [2.75, 3.05) is 24.3 Å². The number of benzene rings is 1. The highest BCUT2D eigenvalue weighted by molar-refractivity contribution is 5.93. The van der Waals surface area contributed by atoms with Gasteiger partial charge in [-0.05, 0) is 41.0 Å². The maximum atomic E-state index is 15.3. The highest BCUT2D eigenvalue weighted by Gasteiger charge is 2.35. The summed E-state index contributed by atoms with van der Waals surface area (Å²) in [5.74, 6) is -2.40. The zero-order chi connectivity index (χ0) is 26.6. The summed E-state index contributed by atoms with van der Waals surface area (Å²) in [4.78, 5) is 32.3. The zero-order valence-corrected chi connectivity index (χ0v) is 22.0. The second-order valence-electron chi connectivity index (χ2n) is 9.81. The van der Waals surface area contributed by atoms with Crippen LogP contribution in [-0.2, 0) is 9.53 Å². The van der Waals surface area contributed by atoms with Crippen LogP contribution in [0.1, 0.15) is 73.4 Å². The molecule has 9 heteroatoms. The van der Waals surface area contributed by atoms with Gasteiger partial charge in [-0.3, -0.25) is 9.69 Å². The molecule has 1 aromatic carbocycles. The fourth-order valence-electron chi connectivity index (χ4n) is 3.18. The van der Waals surface area contributed by atoms with E-state index in [0.29, 0.717) is 6.42 Å². The summed E-state index contributed by atoms with van der Waals surface area (Å²) in [5.41, 5.74) is -1.57. The second kappa shape index (κ2) is 11.0. The molecule has 1 rings (SSSR count). The van der Waals surface area contributed by atoms with Crippen LogP contribution in [0, 0.1) is 17.0 Å². The van der Waals surface area contributed by atoms with Gasteiger partial charge in [-0.15, -0.1) is 0 Å². The highest BCUT2D eigenvalue weighted by Crippen LogP contribution is 2.40. The number of halogens is 2. The molecule has 0 fully saturated rings. The molecule has 7 nitrogen and oxygen atoms in total. The van der Waals surface area contributed by atoms with E-state index in [2.05, 4.69) is 16.9 Å². The van der Waals surface area contributed by atoms with Gasteiger partial charge in [0.15, 0.2) is 11.6 Å². The average molecular weight is 481 g/mol. The van der Waals surface area contributed by atoms with Crippen molar-refractivity contribution in [2.45, 2.75) is 73.5 Å². The van der Waals surface area contributed by atoms with Crippen molar-refractivity contribution in [2.24, 2.45) is 10.4 Å². The monoisotopic (exact) mass is 480 g/mol. The van der Waals surface area contributed by atoms with E-state index >= 15 is 4.39 Å². The molecule has 0 bridgehead atoms. The lowest BCUT2D eigenvalue weighted by molar-refractivity contribution is -0.141. The van der Waals surface area contributed by atoms with Crippen molar-refractivity contribution in [3.8, 4) is 0 Å². The van der Waals surface area contributed by atoms with E-state index in [-0.39, 0.29) is 28.7 Å². The molecule has 0 aliphatic carbocycles. The summed E-state index contributed by atoms with van der Waals surface area (Å²) in [7, 11) is 2.93. The first-order chi connectivity index (χ1) is 15.5. The smallest absolute Gasteiger partial charge is 0.414 e. The predicted octanol–water partition coefficient (Wildman–Crippen LogP) is 6.27. The van der Waals surface area contributed by atoms with Gasteiger partial charge in [0, 0.05) is 37.4 Å². The Hall–Kier alpha value is -2.97. The van der Waals surface area contributed by atoms with Gasteiger partial charge in [0.1, 0.15) is 11.4 Å². The molecule has 0 aliphatic rings.